The smallest absolute Gasteiger partial charge is 0.356 e. The summed E-state index contributed by atoms with van der Waals surface area (Å²) < 4.78 is 5.67. The first-order chi connectivity index (χ1) is 9.41. The Labute approximate surface area is 118 Å². The lowest BCUT2D eigenvalue weighted by molar-refractivity contribution is 0.0314. The van der Waals surface area contributed by atoms with Crippen LogP contribution in [0.25, 0.3) is 0 Å². The lowest BCUT2D eigenvalue weighted by Crippen LogP contribution is -2.33. The Hall–Kier alpha value is -1.69. The molecule has 1 aromatic rings. The summed E-state index contributed by atoms with van der Waals surface area (Å²) in [5, 5.41) is 12.4. The highest BCUT2D eigenvalue weighted by atomic mass is 16.5. The van der Waals surface area contributed by atoms with Gasteiger partial charge >= 0.3 is 5.97 Å². The van der Waals surface area contributed by atoms with Gasteiger partial charge in [0.05, 0.1) is 17.5 Å². The van der Waals surface area contributed by atoms with E-state index in [0.29, 0.717) is 18.1 Å². The Morgan fingerprint density at radius 1 is 1.60 bits per heavy atom. The van der Waals surface area contributed by atoms with Crippen LogP contribution in [-0.4, -0.2) is 39.8 Å². The second kappa shape index (κ2) is 5.75. The van der Waals surface area contributed by atoms with Crippen LogP contribution in [0, 0.1) is 0 Å². The maximum Gasteiger partial charge on any atom is 0.356 e. The normalized spacial score (nSPS) is 22.2. The van der Waals surface area contributed by atoms with Gasteiger partial charge in [-0.3, -0.25) is 0 Å². The number of carbonyl (C=O) groups is 1. The predicted octanol–water partition coefficient (Wildman–Crippen LogP) is 2.28. The average Bonchev–Trinajstić information content (AvgIpc) is 2.83. The molecule has 2 rings (SSSR count). The molecule has 2 heterocycles. The summed E-state index contributed by atoms with van der Waals surface area (Å²) in [6.45, 7) is 7.20. The van der Waals surface area contributed by atoms with Crippen molar-refractivity contribution >= 4 is 11.7 Å². The summed E-state index contributed by atoms with van der Waals surface area (Å²) in [4.78, 5) is 19.6. The molecule has 1 aliphatic heterocycles. The molecule has 0 aromatic carbocycles. The Balaban J connectivity index is 2.16. The first-order valence-corrected chi connectivity index (χ1v) is 6.89. The minimum atomic E-state index is -1.05. The van der Waals surface area contributed by atoms with Gasteiger partial charge in [-0.05, 0) is 19.8 Å². The molecule has 20 heavy (non-hydrogen) atoms. The number of nitrogens with one attached hydrogen (secondary N) is 1. The number of nitrogens with zero attached hydrogens (tertiary/aromatic N) is 2. The summed E-state index contributed by atoms with van der Waals surface area (Å²) in [7, 11) is 0. The second-order valence-electron chi connectivity index (χ2n) is 5.71. The number of rotatable bonds is 5. The van der Waals surface area contributed by atoms with E-state index in [1.807, 2.05) is 20.8 Å². The molecule has 0 radical (unpaired) electrons. The van der Waals surface area contributed by atoms with Crippen molar-refractivity contribution < 1.29 is 14.6 Å². The molecule has 0 amide bonds. The van der Waals surface area contributed by atoms with Crippen LogP contribution in [0.5, 0.6) is 0 Å². The highest BCUT2D eigenvalue weighted by Gasteiger charge is 2.30. The molecule has 1 aromatic heterocycles. The third-order valence-corrected chi connectivity index (χ3v) is 3.48. The molecule has 0 bridgehead atoms. The predicted molar refractivity (Wildman–Crippen MR) is 75.2 cm³/mol. The number of hydrogen-bond donors (Lipinski definition) is 2. The van der Waals surface area contributed by atoms with Crippen LogP contribution in [0.2, 0.25) is 0 Å². The molecule has 1 fully saturated rings. The second-order valence-corrected chi connectivity index (χ2v) is 5.71. The van der Waals surface area contributed by atoms with E-state index in [0.717, 1.165) is 19.4 Å². The number of carboxylic acids is 1. The van der Waals surface area contributed by atoms with Gasteiger partial charge in [0.1, 0.15) is 5.82 Å². The van der Waals surface area contributed by atoms with E-state index >= 15 is 0 Å². The van der Waals surface area contributed by atoms with E-state index in [9.17, 15) is 9.90 Å². The van der Waals surface area contributed by atoms with E-state index in [4.69, 9.17) is 4.74 Å². The first-order valence-electron chi connectivity index (χ1n) is 6.89. The Bertz CT molecular complexity index is 496. The highest BCUT2D eigenvalue weighted by Crippen LogP contribution is 2.26. The van der Waals surface area contributed by atoms with Crippen LogP contribution >= 0.6 is 0 Å². The fourth-order valence-corrected chi connectivity index (χ4v) is 2.22. The summed E-state index contributed by atoms with van der Waals surface area (Å²) in [5.41, 5.74) is 0.218. The van der Waals surface area contributed by atoms with Gasteiger partial charge < -0.3 is 15.2 Å². The van der Waals surface area contributed by atoms with Crippen molar-refractivity contribution in [2.45, 2.75) is 45.1 Å². The largest absolute Gasteiger partial charge is 0.476 e. The SMILES string of the molecule is CC(C)c1ncc(NCC2(C)CCCO2)c(C(=O)O)n1. The van der Waals surface area contributed by atoms with Gasteiger partial charge in [0.2, 0.25) is 0 Å². The summed E-state index contributed by atoms with van der Waals surface area (Å²) in [6, 6.07) is 0. The summed E-state index contributed by atoms with van der Waals surface area (Å²) in [5.74, 6) is -0.414. The van der Waals surface area contributed by atoms with Crippen molar-refractivity contribution in [2.75, 3.05) is 18.5 Å². The van der Waals surface area contributed by atoms with Crippen LogP contribution < -0.4 is 5.32 Å². The van der Waals surface area contributed by atoms with Crippen molar-refractivity contribution in [1.82, 2.24) is 9.97 Å². The molecular weight excluding hydrogens is 258 g/mol. The van der Waals surface area contributed by atoms with Crippen LogP contribution in [0.3, 0.4) is 0 Å². The van der Waals surface area contributed by atoms with E-state index in [1.54, 1.807) is 6.20 Å². The van der Waals surface area contributed by atoms with Crippen LogP contribution in [0.15, 0.2) is 6.20 Å². The van der Waals surface area contributed by atoms with Crippen LogP contribution in [0.1, 0.15) is 55.8 Å². The van der Waals surface area contributed by atoms with Gasteiger partial charge in [0.15, 0.2) is 5.69 Å². The van der Waals surface area contributed by atoms with Gasteiger partial charge in [-0.2, -0.15) is 0 Å². The summed E-state index contributed by atoms with van der Waals surface area (Å²) in [6.07, 6.45) is 3.55. The van der Waals surface area contributed by atoms with Gasteiger partial charge in [-0.1, -0.05) is 13.8 Å². The fraction of sp³-hybridized carbons (Fsp3) is 0.643. The first kappa shape index (κ1) is 14.7. The molecule has 1 atom stereocenters. The van der Waals surface area contributed by atoms with E-state index in [2.05, 4.69) is 15.3 Å². The number of hydrogen-bond acceptors (Lipinski definition) is 5. The lowest BCUT2D eigenvalue weighted by atomic mass is 10.0. The molecule has 2 N–H and O–H groups in total. The van der Waals surface area contributed by atoms with Crippen molar-refractivity contribution in [2.24, 2.45) is 0 Å². The maximum atomic E-state index is 11.3. The number of anilines is 1. The zero-order valence-electron chi connectivity index (χ0n) is 12.1. The zero-order chi connectivity index (χ0) is 14.8. The average molecular weight is 279 g/mol. The maximum absolute atomic E-state index is 11.3. The molecule has 1 aliphatic rings. The topological polar surface area (TPSA) is 84.3 Å². The highest BCUT2D eigenvalue weighted by molar-refractivity contribution is 5.91. The van der Waals surface area contributed by atoms with Crippen molar-refractivity contribution in [3.8, 4) is 0 Å². The van der Waals surface area contributed by atoms with E-state index < -0.39 is 5.97 Å². The van der Waals surface area contributed by atoms with Gasteiger partial charge in [0, 0.05) is 19.1 Å². The number of aromatic nitrogens is 2. The molecular formula is C14H21N3O3. The minimum absolute atomic E-state index is 0.0188. The third-order valence-electron chi connectivity index (χ3n) is 3.48. The quantitative estimate of drug-likeness (QED) is 0.860. The lowest BCUT2D eigenvalue weighted by Gasteiger charge is -2.24. The van der Waals surface area contributed by atoms with E-state index in [1.165, 1.54) is 0 Å². The molecule has 110 valence electrons. The molecule has 6 nitrogen and oxygen atoms in total. The number of carboxylic acid groups (broad SMARTS) is 1. The van der Waals surface area contributed by atoms with Crippen LogP contribution in [-0.2, 0) is 4.74 Å². The standard InChI is InChI=1S/C14H21N3O3/c1-9(2)12-15-7-10(11(17-12)13(18)19)16-8-14(3)5-4-6-20-14/h7,9,16H,4-6,8H2,1-3H3,(H,18,19). The monoisotopic (exact) mass is 279 g/mol. The van der Waals surface area contributed by atoms with Crippen molar-refractivity contribution in [1.29, 1.82) is 0 Å². The molecule has 0 saturated carbocycles. The zero-order valence-corrected chi connectivity index (χ0v) is 12.1. The van der Waals surface area contributed by atoms with Gasteiger partial charge in [-0.25, -0.2) is 14.8 Å². The summed E-state index contributed by atoms with van der Waals surface area (Å²) >= 11 is 0. The molecule has 0 aliphatic carbocycles. The van der Waals surface area contributed by atoms with Crippen molar-refractivity contribution in [3.63, 3.8) is 0 Å². The third kappa shape index (κ3) is 3.25. The van der Waals surface area contributed by atoms with Crippen LogP contribution in [0.4, 0.5) is 5.69 Å². The minimum Gasteiger partial charge on any atom is -0.476 e. The molecule has 1 saturated heterocycles. The molecule has 0 spiro atoms. The number of aromatic carboxylic acids is 1. The number of ether oxygens (including phenoxy) is 1. The van der Waals surface area contributed by atoms with E-state index in [-0.39, 0.29) is 17.2 Å². The Morgan fingerprint density at radius 3 is 2.90 bits per heavy atom. The van der Waals surface area contributed by atoms with Crippen molar-refractivity contribution in [3.05, 3.63) is 17.7 Å². The molecule has 6 heteroatoms. The Kier molecular flexibility index (Phi) is 4.23. The fourth-order valence-electron chi connectivity index (χ4n) is 2.22. The molecule has 1 unspecified atom stereocenters. The van der Waals surface area contributed by atoms with Gasteiger partial charge in [-0.15, -0.1) is 0 Å². The van der Waals surface area contributed by atoms with Gasteiger partial charge in [0.25, 0.3) is 0 Å². The Morgan fingerprint density at radius 2 is 2.35 bits per heavy atom.